The zero-order chi connectivity index (χ0) is 22.6. The molecule has 8 nitrogen and oxygen atoms in total. The second-order valence-corrected chi connectivity index (χ2v) is 10.4. The van der Waals surface area contributed by atoms with E-state index in [9.17, 15) is 9.90 Å². The Labute approximate surface area is 189 Å². The molecule has 1 aromatic heterocycles. The number of nitrogens with zero attached hydrogens (tertiary/aromatic N) is 3. The number of aliphatic hydroxyl groups excluding tert-OH is 2. The van der Waals surface area contributed by atoms with E-state index in [0.717, 1.165) is 42.1 Å². The van der Waals surface area contributed by atoms with Crippen molar-refractivity contribution in [2.24, 2.45) is 5.92 Å². The van der Waals surface area contributed by atoms with Crippen LogP contribution in [0, 0.1) is 5.92 Å². The molecule has 2 aliphatic heterocycles. The van der Waals surface area contributed by atoms with Crippen LogP contribution in [0.5, 0.6) is 0 Å². The molecule has 172 valence electrons. The van der Waals surface area contributed by atoms with Gasteiger partial charge >= 0.3 is 7.12 Å². The molecule has 0 spiro atoms. The van der Waals surface area contributed by atoms with Crippen molar-refractivity contribution in [1.29, 1.82) is 0 Å². The minimum Gasteiger partial charge on any atom is -0.399 e. The highest BCUT2D eigenvalue weighted by molar-refractivity contribution is 7.99. The molecule has 2 aliphatic rings. The summed E-state index contributed by atoms with van der Waals surface area (Å²) in [4.78, 5) is 22.5. The van der Waals surface area contributed by atoms with E-state index in [1.165, 1.54) is 0 Å². The fraction of sp³-hybridized carbons (Fsp3) is 0.762. The summed E-state index contributed by atoms with van der Waals surface area (Å²) < 4.78 is 12.1. The van der Waals surface area contributed by atoms with Crippen molar-refractivity contribution in [2.75, 3.05) is 25.4 Å². The van der Waals surface area contributed by atoms with E-state index in [4.69, 9.17) is 14.4 Å². The summed E-state index contributed by atoms with van der Waals surface area (Å²) >= 11 is 1.64. The van der Waals surface area contributed by atoms with Crippen LogP contribution in [0.15, 0.2) is 17.6 Å². The molecule has 0 saturated carbocycles. The van der Waals surface area contributed by atoms with Crippen LogP contribution >= 0.6 is 11.8 Å². The summed E-state index contributed by atoms with van der Waals surface area (Å²) in [6, 6.07) is 0. The van der Waals surface area contributed by atoms with Gasteiger partial charge in [0.05, 0.1) is 17.8 Å². The number of aromatic nitrogens is 2. The molecule has 1 amide bonds. The fourth-order valence-electron chi connectivity index (χ4n) is 3.77. The van der Waals surface area contributed by atoms with Gasteiger partial charge in [-0.2, -0.15) is 0 Å². The minimum absolute atomic E-state index is 0.363. The summed E-state index contributed by atoms with van der Waals surface area (Å²) in [6.07, 6.45) is 6.32. The predicted molar refractivity (Wildman–Crippen MR) is 120 cm³/mol. The molecule has 0 radical (unpaired) electrons. The number of carbonyl (C=O) groups is 1. The first-order valence-electron chi connectivity index (χ1n) is 11.0. The smallest absolute Gasteiger partial charge is 0.399 e. The van der Waals surface area contributed by atoms with Crippen LogP contribution in [0.4, 0.5) is 0 Å². The number of likely N-dealkylation sites (tertiary alicyclic amines) is 1. The molecular formula is C21H34BN3O5S. The van der Waals surface area contributed by atoms with Crippen LogP contribution in [0.2, 0.25) is 0 Å². The summed E-state index contributed by atoms with van der Waals surface area (Å²) in [5.74, 6) is 1.17. The Balaban J connectivity index is 1.36. The van der Waals surface area contributed by atoms with E-state index >= 15 is 0 Å². The normalized spacial score (nSPS) is 22.0. The first kappa shape index (κ1) is 24.4. The van der Waals surface area contributed by atoms with Gasteiger partial charge in [0, 0.05) is 36.7 Å². The van der Waals surface area contributed by atoms with E-state index in [0.29, 0.717) is 19.0 Å². The van der Waals surface area contributed by atoms with Crippen molar-refractivity contribution in [1.82, 2.24) is 14.9 Å². The number of rotatable bonds is 8. The Kier molecular flexibility index (Phi) is 8.02. The van der Waals surface area contributed by atoms with Gasteiger partial charge in [0.15, 0.2) is 11.3 Å². The van der Waals surface area contributed by atoms with Crippen molar-refractivity contribution >= 4 is 30.3 Å². The molecule has 3 rings (SSSR count). The monoisotopic (exact) mass is 451 g/mol. The molecule has 2 saturated heterocycles. The lowest BCUT2D eigenvalue weighted by molar-refractivity contribution is -0.143. The van der Waals surface area contributed by atoms with Crippen LogP contribution in [-0.4, -0.2) is 80.9 Å². The van der Waals surface area contributed by atoms with E-state index < -0.39 is 19.8 Å². The lowest BCUT2D eigenvalue weighted by atomic mass is 9.81. The molecule has 2 N–H and O–H groups in total. The van der Waals surface area contributed by atoms with Crippen molar-refractivity contribution < 1.29 is 24.3 Å². The number of amides is 1. The van der Waals surface area contributed by atoms with E-state index in [-0.39, 0.29) is 17.1 Å². The lowest BCUT2D eigenvalue weighted by Crippen LogP contribution is -2.45. The second-order valence-electron chi connectivity index (χ2n) is 9.34. The number of piperidine rings is 1. The highest BCUT2D eigenvalue weighted by atomic mass is 32.2. The Hall–Kier alpha value is -1.20. The van der Waals surface area contributed by atoms with Crippen LogP contribution < -0.4 is 5.46 Å². The van der Waals surface area contributed by atoms with Crippen LogP contribution in [0.25, 0.3) is 0 Å². The van der Waals surface area contributed by atoms with Gasteiger partial charge in [-0.05, 0) is 59.3 Å². The van der Waals surface area contributed by atoms with Gasteiger partial charge in [-0.1, -0.05) is 11.8 Å². The molecule has 1 atom stereocenters. The Bertz CT molecular complexity index is 725. The number of carbonyl (C=O) groups excluding carboxylic acids is 1. The first-order chi connectivity index (χ1) is 14.6. The molecule has 2 fully saturated rings. The van der Waals surface area contributed by atoms with Crippen LogP contribution in [0.1, 0.15) is 53.4 Å². The SMILES string of the molecule is CC1(C)OB(c2cnc(SCCCC3CCN(C(=O)[C@@H](O)CO)CC3)nc2)OC1(C)C. The first-order valence-corrected chi connectivity index (χ1v) is 12.0. The second kappa shape index (κ2) is 10.2. The van der Waals surface area contributed by atoms with Crippen molar-refractivity contribution in [3.05, 3.63) is 12.4 Å². The van der Waals surface area contributed by atoms with E-state index in [2.05, 4.69) is 9.97 Å². The van der Waals surface area contributed by atoms with Gasteiger partial charge in [-0.25, -0.2) is 9.97 Å². The number of aliphatic hydroxyl groups is 2. The molecular weight excluding hydrogens is 417 g/mol. The Morgan fingerprint density at radius 3 is 2.35 bits per heavy atom. The molecule has 0 unspecified atom stereocenters. The van der Waals surface area contributed by atoms with Gasteiger partial charge in [-0.15, -0.1) is 0 Å². The van der Waals surface area contributed by atoms with Gasteiger partial charge in [0.25, 0.3) is 5.91 Å². The number of hydrogen-bond acceptors (Lipinski definition) is 8. The zero-order valence-electron chi connectivity index (χ0n) is 18.9. The van der Waals surface area contributed by atoms with Gasteiger partial charge in [-0.3, -0.25) is 4.79 Å². The minimum atomic E-state index is -1.29. The highest BCUT2D eigenvalue weighted by Crippen LogP contribution is 2.36. The largest absolute Gasteiger partial charge is 0.498 e. The molecule has 0 bridgehead atoms. The third kappa shape index (κ3) is 5.99. The van der Waals surface area contributed by atoms with Gasteiger partial charge < -0.3 is 24.4 Å². The highest BCUT2D eigenvalue weighted by Gasteiger charge is 2.51. The topological polar surface area (TPSA) is 105 Å². The quantitative estimate of drug-likeness (QED) is 0.263. The summed E-state index contributed by atoms with van der Waals surface area (Å²) in [5, 5.41) is 19.1. The third-order valence-electron chi connectivity index (χ3n) is 6.55. The van der Waals surface area contributed by atoms with Gasteiger partial charge in [0.1, 0.15) is 0 Å². The maximum atomic E-state index is 11.9. The molecule has 3 heterocycles. The van der Waals surface area contributed by atoms with Crippen LogP contribution in [0.3, 0.4) is 0 Å². The van der Waals surface area contributed by atoms with Crippen LogP contribution in [-0.2, 0) is 14.1 Å². The summed E-state index contributed by atoms with van der Waals surface area (Å²) in [5.41, 5.74) is 0.0657. The lowest BCUT2D eigenvalue weighted by Gasteiger charge is -2.33. The fourth-order valence-corrected chi connectivity index (χ4v) is 4.52. The molecule has 0 aliphatic carbocycles. The molecule has 10 heteroatoms. The van der Waals surface area contributed by atoms with Gasteiger partial charge in [0.2, 0.25) is 0 Å². The third-order valence-corrected chi connectivity index (χ3v) is 7.51. The van der Waals surface area contributed by atoms with E-state index in [1.54, 1.807) is 29.1 Å². The Morgan fingerprint density at radius 1 is 1.23 bits per heavy atom. The molecule has 1 aromatic rings. The number of hydrogen-bond donors (Lipinski definition) is 2. The van der Waals surface area contributed by atoms with Crippen molar-refractivity contribution in [2.45, 2.75) is 75.8 Å². The summed E-state index contributed by atoms with van der Waals surface area (Å²) in [7, 11) is -0.444. The standard InChI is InChI=1S/C21H34BN3O5S/c1-20(2)21(3,4)30-22(29-20)16-12-23-19(24-13-16)31-11-5-6-15-7-9-25(10-8-15)18(28)17(27)14-26/h12-13,15,17,26-27H,5-11,14H2,1-4H3/t17-/m0/s1. The molecule has 0 aromatic carbocycles. The van der Waals surface area contributed by atoms with Crippen molar-refractivity contribution in [3.63, 3.8) is 0 Å². The van der Waals surface area contributed by atoms with E-state index in [1.807, 2.05) is 27.7 Å². The predicted octanol–water partition coefficient (Wildman–Crippen LogP) is 1.24. The maximum Gasteiger partial charge on any atom is 0.498 e. The average molecular weight is 451 g/mol. The number of thioether (sulfide) groups is 1. The zero-order valence-corrected chi connectivity index (χ0v) is 19.7. The maximum absolute atomic E-state index is 11.9. The van der Waals surface area contributed by atoms with Crippen molar-refractivity contribution in [3.8, 4) is 0 Å². The average Bonchev–Trinajstić information content (AvgIpc) is 2.98. The molecule has 31 heavy (non-hydrogen) atoms. The summed E-state index contributed by atoms with van der Waals surface area (Å²) in [6.45, 7) is 8.89. The Morgan fingerprint density at radius 2 is 1.81 bits per heavy atom.